The van der Waals surface area contributed by atoms with Gasteiger partial charge in [-0.15, -0.1) is 0 Å². The lowest BCUT2D eigenvalue weighted by Crippen LogP contribution is -2.47. The van der Waals surface area contributed by atoms with Crippen LogP contribution in [0.4, 0.5) is 26.1 Å². The highest BCUT2D eigenvalue weighted by Gasteiger charge is 2.26. The van der Waals surface area contributed by atoms with Gasteiger partial charge in [-0.2, -0.15) is 9.97 Å². The molecular formula is C49H82N12O9. The molecule has 1 aromatic carbocycles. The molecule has 21 heteroatoms. The second-order valence-corrected chi connectivity index (χ2v) is 20.3. The molecule has 2 aromatic heterocycles. The van der Waals surface area contributed by atoms with E-state index in [1.54, 1.807) is 96.4 Å². The van der Waals surface area contributed by atoms with Gasteiger partial charge in [0.2, 0.25) is 11.9 Å². The number of nitrogens with zero attached hydrogens (tertiary/aromatic N) is 5. The number of alkyl carbamates (subject to hydrolysis) is 1. The summed E-state index contributed by atoms with van der Waals surface area (Å²) in [5.74, 6) is -0.273. The maximum Gasteiger partial charge on any atom is 0.410 e. The van der Waals surface area contributed by atoms with Crippen LogP contribution in [0.3, 0.4) is 0 Å². The molecule has 2 heterocycles. The largest absolute Gasteiger partial charge is 0.444 e. The van der Waals surface area contributed by atoms with Gasteiger partial charge in [-0.3, -0.25) is 14.2 Å². The van der Waals surface area contributed by atoms with E-state index < -0.39 is 52.7 Å². The maximum absolute atomic E-state index is 13.7. The first-order valence-corrected chi connectivity index (χ1v) is 24.6. The van der Waals surface area contributed by atoms with Crippen molar-refractivity contribution < 1.29 is 38.2 Å². The number of nitrogen functional groups attached to an aromatic ring is 1. The molecule has 1 atom stereocenters. The molecule has 8 N–H and O–H groups in total. The Kier molecular flexibility index (Phi) is 23.2. The minimum Gasteiger partial charge on any atom is -0.444 e. The average molecular weight is 983 g/mol. The first-order valence-electron chi connectivity index (χ1n) is 24.6. The number of aromatic nitrogens is 4. The monoisotopic (exact) mass is 983 g/mol. The van der Waals surface area contributed by atoms with Crippen LogP contribution in [0, 0.1) is 0 Å². The number of nitrogens with one attached hydrogen (secondary N) is 6. The zero-order chi connectivity index (χ0) is 52.1. The average Bonchev–Trinajstić information content (AvgIpc) is 3.57. The number of carbonyl (C=O) groups is 5. The van der Waals surface area contributed by atoms with Gasteiger partial charge in [0.05, 0.1) is 6.54 Å². The van der Waals surface area contributed by atoms with Crippen molar-refractivity contribution >= 4 is 53.0 Å². The summed E-state index contributed by atoms with van der Waals surface area (Å²) in [5, 5.41) is 14.8. The summed E-state index contributed by atoms with van der Waals surface area (Å²) in [6, 6.07) is 5.97. The zero-order valence-corrected chi connectivity index (χ0v) is 43.6. The number of carbonyl (C=O) groups excluding carboxylic acids is 5. The Hall–Kier alpha value is -6.12. The standard InChI is InChI=1S/C49H82N12O9/c1-12-13-26-53-42-57-38(50)37-39(58-42)61(43(64)56-37)33-34-21-23-35(24-22-34)40(62)55-36(20-14-15-25-51-11)41(63)52-27-18-31-59(45(66)69-48(5,6)7)29-16-17-30-60(46(67)70-49(8,9)10)32-19-28-54-44(65)68-47(2,3)4/h21-24,36,51H,12-20,25-33H2,1-11H3,(H,52,63)(H,54,65)(H,55,62)(H,56,64)(H3,50,53,57,58)/t36-/m0/s1. The highest BCUT2D eigenvalue weighted by atomic mass is 16.6. The second kappa shape index (κ2) is 27.9. The Labute approximate surface area is 413 Å². The number of ether oxygens (including phenoxy) is 3. The summed E-state index contributed by atoms with van der Waals surface area (Å²) in [7, 11) is 1.85. The van der Waals surface area contributed by atoms with Gasteiger partial charge < -0.3 is 61.3 Å². The molecule has 0 aliphatic carbocycles. The lowest BCUT2D eigenvalue weighted by Gasteiger charge is -2.29. The molecule has 0 spiro atoms. The fraction of sp³-hybridized carbons (Fsp3) is 0.673. The molecule has 0 bridgehead atoms. The van der Waals surface area contributed by atoms with Crippen LogP contribution in [0.15, 0.2) is 29.1 Å². The van der Waals surface area contributed by atoms with Crippen LogP contribution in [0.25, 0.3) is 11.2 Å². The molecule has 0 fully saturated rings. The van der Waals surface area contributed by atoms with Crippen LogP contribution in [0.2, 0.25) is 0 Å². The lowest BCUT2D eigenvalue weighted by molar-refractivity contribution is -0.123. The molecule has 70 heavy (non-hydrogen) atoms. The summed E-state index contributed by atoms with van der Waals surface area (Å²) in [5.41, 5.74) is 5.48. The molecule has 0 aliphatic rings. The van der Waals surface area contributed by atoms with Crippen molar-refractivity contribution in [2.24, 2.45) is 0 Å². The van der Waals surface area contributed by atoms with Gasteiger partial charge in [-0.1, -0.05) is 25.5 Å². The molecule has 0 saturated carbocycles. The fourth-order valence-electron chi connectivity index (χ4n) is 6.99. The molecule has 0 radical (unpaired) electrons. The Morgan fingerprint density at radius 2 is 1.27 bits per heavy atom. The van der Waals surface area contributed by atoms with E-state index in [1.165, 1.54) is 4.57 Å². The van der Waals surface area contributed by atoms with Gasteiger partial charge in [0.1, 0.15) is 28.4 Å². The first kappa shape index (κ1) is 58.2. The third-order valence-corrected chi connectivity index (χ3v) is 10.4. The number of H-pyrrole nitrogens is 1. The Morgan fingerprint density at radius 3 is 1.81 bits per heavy atom. The smallest absolute Gasteiger partial charge is 0.410 e. The van der Waals surface area contributed by atoms with Crippen LogP contribution in [0.5, 0.6) is 0 Å². The SMILES string of the molecule is CCCCNc1nc(N)c2[nH]c(=O)n(Cc3ccc(C(=O)N[C@@H](CCCCNC)C(=O)NCCCN(CCCCN(CCCNC(=O)OC(C)(C)C)C(=O)OC(C)(C)C)C(=O)OC(C)(C)C)cc3)c2n1. The van der Waals surface area contributed by atoms with Gasteiger partial charge in [0, 0.05) is 51.4 Å². The molecule has 0 saturated heterocycles. The minimum absolute atomic E-state index is 0.160. The van der Waals surface area contributed by atoms with Gasteiger partial charge in [0.15, 0.2) is 11.5 Å². The highest BCUT2D eigenvalue weighted by Crippen LogP contribution is 2.19. The number of benzene rings is 1. The Morgan fingerprint density at radius 1 is 0.714 bits per heavy atom. The van der Waals surface area contributed by atoms with Crippen LogP contribution in [-0.2, 0) is 25.5 Å². The number of hydrogen-bond acceptors (Lipinski definition) is 14. The van der Waals surface area contributed by atoms with Crippen molar-refractivity contribution in [1.82, 2.24) is 50.6 Å². The fourth-order valence-corrected chi connectivity index (χ4v) is 6.99. The Bertz CT molecular complexity index is 2190. The molecule has 5 amide bonds. The van der Waals surface area contributed by atoms with E-state index in [4.69, 9.17) is 19.9 Å². The summed E-state index contributed by atoms with van der Waals surface area (Å²) in [4.78, 5) is 93.6. The highest BCUT2D eigenvalue weighted by molar-refractivity contribution is 5.97. The third-order valence-electron chi connectivity index (χ3n) is 10.4. The molecule has 3 rings (SSSR count). The summed E-state index contributed by atoms with van der Waals surface area (Å²) in [6.07, 6.45) is 4.31. The topological polar surface area (TPSA) is 269 Å². The molecular weight excluding hydrogens is 901 g/mol. The van der Waals surface area contributed by atoms with E-state index in [1.807, 2.05) is 7.05 Å². The van der Waals surface area contributed by atoms with Gasteiger partial charge in [-0.05, 0) is 145 Å². The van der Waals surface area contributed by atoms with Gasteiger partial charge >= 0.3 is 24.0 Å². The van der Waals surface area contributed by atoms with Crippen molar-refractivity contribution in [2.45, 2.75) is 156 Å². The Balaban J connectivity index is 1.62. The predicted octanol–water partition coefficient (Wildman–Crippen LogP) is 6.13. The van der Waals surface area contributed by atoms with Crippen molar-refractivity contribution in [3.8, 4) is 0 Å². The number of anilines is 2. The van der Waals surface area contributed by atoms with Crippen molar-refractivity contribution in [1.29, 1.82) is 0 Å². The second-order valence-electron chi connectivity index (χ2n) is 20.3. The van der Waals surface area contributed by atoms with Crippen LogP contribution in [-0.4, -0.2) is 142 Å². The van der Waals surface area contributed by atoms with Crippen molar-refractivity contribution in [3.05, 3.63) is 45.9 Å². The lowest BCUT2D eigenvalue weighted by atomic mass is 10.1. The summed E-state index contributed by atoms with van der Waals surface area (Å²) in [6.45, 7) is 21.7. The number of hydrogen-bond donors (Lipinski definition) is 7. The van der Waals surface area contributed by atoms with E-state index in [9.17, 15) is 28.8 Å². The van der Waals surface area contributed by atoms with Gasteiger partial charge in [0.25, 0.3) is 5.91 Å². The number of unbranched alkanes of at least 4 members (excludes halogenated alkanes) is 3. The van der Waals surface area contributed by atoms with Crippen LogP contribution in [0.1, 0.15) is 143 Å². The van der Waals surface area contributed by atoms with E-state index >= 15 is 0 Å². The molecule has 21 nitrogen and oxygen atoms in total. The number of amides is 5. The summed E-state index contributed by atoms with van der Waals surface area (Å²) >= 11 is 0. The quantitative estimate of drug-likeness (QED) is 0.0335. The van der Waals surface area contributed by atoms with Gasteiger partial charge in [-0.25, -0.2) is 19.2 Å². The minimum atomic E-state index is -0.818. The number of fused-ring (bicyclic) bond motifs is 1. The van der Waals surface area contributed by atoms with E-state index in [0.717, 1.165) is 31.4 Å². The number of imidazole rings is 1. The van der Waals surface area contributed by atoms with Crippen LogP contribution < -0.4 is 38.0 Å². The normalized spacial score (nSPS) is 12.2. The number of aromatic amines is 1. The maximum atomic E-state index is 13.7. The van der Waals surface area contributed by atoms with E-state index in [-0.39, 0.29) is 31.4 Å². The van der Waals surface area contributed by atoms with Crippen molar-refractivity contribution in [2.75, 3.05) is 70.5 Å². The van der Waals surface area contributed by atoms with E-state index in [0.29, 0.717) is 93.9 Å². The van der Waals surface area contributed by atoms with Crippen molar-refractivity contribution in [3.63, 3.8) is 0 Å². The first-order chi connectivity index (χ1) is 32.9. The predicted molar refractivity (Wildman–Crippen MR) is 272 cm³/mol. The third kappa shape index (κ3) is 21.7. The van der Waals surface area contributed by atoms with E-state index in [2.05, 4.69) is 48.5 Å². The molecule has 392 valence electrons. The van der Waals surface area contributed by atoms with Crippen LogP contribution >= 0.6 is 0 Å². The number of nitrogens with two attached hydrogens (primary N) is 1. The summed E-state index contributed by atoms with van der Waals surface area (Å²) < 4.78 is 18.1. The molecule has 0 unspecified atom stereocenters. The number of rotatable bonds is 27. The molecule has 0 aliphatic heterocycles. The zero-order valence-electron chi connectivity index (χ0n) is 43.6. The molecule has 3 aromatic rings.